The van der Waals surface area contributed by atoms with Crippen molar-refractivity contribution in [2.75, 3.05) is 32.7 Å². The molecule has 1 atom stereocenters. The molecule has 7 nitrogen and oxygen atoms in total. The number of benzene rings is 3. The largest absolute Gasteiger partial charge is 0.301 e. The van der Waals surface area contributed by atoms with Crippen molar-refractivity contribution in [2.24, 2.45) is 0 Å². The van der Waals surface area contributed by atoms with E-state index in [1.54, 1.807) is 12.1 Å². The number of hydrogen-bond acceptors (Lipinski definition) is 6. The summed E-state index contributed by atoms with van der Waals surface area (Å²) < 4.78 is 0. The normalized spacial score (nSPS) is 18.5. The predicted octanol–water partition coefficient (Wildman–Crippen LogP) is 5.42. The molecule has 2 aliphatic heterocycles. The van der Waals surface area contributed by atoms with E-state index < -0.39 is 0 Å². The van der Waals surface area contributed by atoms with Crippen LogP contribution in [0.3, 0.4) is 0 Å². The lowest BCUT2D eigenvalue weighted by Crippen LogP contribution is -2.48. The van der Waals surface area contributed by atoms with E-state index in [4.69, 9.17) is 4.84 Å². The van der Waals surface area contributed by atoms with E-state index >= 15 is 0 Å². The highest BCUT2D eigenvalue weighted by atomic mass is 16.7. The van der Waals surface area contributed by atoms with Crippen LogP contribution >= 0.6 is 0 Å². The molecule has 0 aliphatic carbocycles. The molecular weight excluding hydrogens is 464 g/mol. The molecule has 1 unspecified atom stereocenters. The first-order valence-corrected chi connectivity index (χ1v) is 13.1. The third-order valence-electron chi connectivity index (χ3n) is 7.26. The van der Waals surface area contributed by atoms with Gasteiger partial charge >= 0.3 is 0 Å². The second kappa shape index (κ2) is 12.1. The predicted molar refractivity (Wildman–Crippen MR) is 146 cm³/mol. The molecule has 0 spiro atoms. The molecule has 5 rings (SSSR count). The van der Waals surface area contributed by atoms with Gasteiger partial charge < -0.3 is 4.90 Å². The first kappa shape index (κ1) is 25.1. The van der Waals surface area contributed by atoms with Crippen molar-refractivity contribution >= 4 is 11.4 Å². The Balaban J connectivity index is 1.08. The zero-order chi connectivity index (χ0) is 25.5. The molecule has 0 radical (unpaired) electrons. The van der Waals surface area contributed by atoms with Gasteiger partial charge in [-0.05, 0) is 43.0 Å². The molecule has 3 aromatic carbocycles. The summed E-state index contributed by atoms with van der Waals surface area (Å²) >= 11 is 0. The SMILES string of the molecule is O=[N+]([O-])c1cccc(C2=CC(CCCCN3CCN(C(c4ccccc4)c4ccccc4)CC3)ON2)c1. The van der Waals surface area contributed by atoms with E-state index in [1.165, 1.54) is 17.2 Å². The van der Waals surface area contributed by atoms with Crippen molar-refractivity contribution in [3.63, 3.8) is 0 Å². The van der Waals surface area contributed by atoms with E-state index in [2.05, 4.69) is 75.9 Å². The van der Waals surface area contributed by atoms with Crippen LogP contribution in [0.4, 0.5) is 5.69 Å². The van der Waals surface area contributed by atoms with E-state index in [0.717, 1.165) is 63.2 Å². The van der Waals surface area contributed by atoms with Crippen LogP contribution in [0.15, 0.2) is 91.0 Å². The molecular formula is C30H34N4O3. The third kappa shape index (κ3) is 6.43. The molecule has 192 valence electrons. The number of nitrogens with one attached hydrogen (secondary N) is 1. The molecule has 2 heterocycles. The van der Waals surface area contributed by atoms with Crippen LogP contribution in [0.5, 0.6) is 0 Å². The minimum Gasteiger partial charge on any atom is -0.301 e. The second-order valence-corrected chi connectivity index (χ2v) is 9.74. The lowest BCUT2D eigenvalue weighted by Gasteiger charge is -2.40. The quantitative estimate of drug-likeness (QED) is 0.229. The van der Waals surface area contributed by atoms with E-state index in [9.17, 15) is 10.1 Å². The van der Waals surface area contributed by atoms with Crippen molar-refractivity contribution in [3.05, 3.63) is 118 Å². The van der Waals surface area contributed by atoms with Gasteiger partial charge in [-0.15, -0.1) is 0 Å². The summed E-state index contributed by atoms with van der Waals surface area (Å²) in [5, 5.41) is 11.0. The van der Waals surface area contributed by atoms with Gasteiger partial charge in [-0.1, -0.05) is 72.8 Å². The second-order valence-electron chi connectivity index (χ2n) is 9.74. The van der Waals surface area contributed by atoms with Gasteiger partial charge in [0.2, 0.25) is 0 Å². The zero-order valence-corrected chi connectivity index (χ0v) is 21.0. The first-order valence-electron chi connectivity index (χ1n) is 13.1. The number of nitrogens with zero attached hydrogens (tertiary/aromatic N) is 3. The standard InChI is InChI=1S/C30H34N4O3/c35-34(36)27-15-9-14-26(22-27)29-23-28(37-31-29)16-7-8-17-32-18-20-33(21-19-32)30(24-10-3-1-4-11-24)25-12-5-2-6-13-25/h1-6,9-15,22-23,28,30-31H,7-8,16-21H2. The maximum atomic E-state index is 11.0. The number of non-ortho nitro benzene ring substituents is 1. The Hall–Kier alpha value is -3.52. The average molecular weight is 499 g/mol. The monoisotopic (exact) mass is 498 g/mol. The fourth-order valence-corrected chi connectivity index (χ4v) is 5.29. The summed E-state index contributed by atoms with van der Waals surface area (Å²) in [7, 11) is 0. The van der Waals surface area contributed by atoms with Crippen LogP contribution in [-0.4, -0.2) is 53.6 Å². The Kier molecular flexibility index (Phi) is 8.25. The molecule has 1 fully saturated rings. The van der Waals surface area contributed by atoms with Crippen LogP contribution in [0.2, 0.25) is 0 Å². The van der Waals surface area contributed by atoms with E-state index in [1.807, 2.05) is 12.1 Å². The van der Waals surface area contributed by atoms with Gasteiger partial charge in [0.15, 0.2) is 0 Å². The first-order chi connectivity index (χ1) is 18.2. The van der Waals surface area contributed by atoms with Gasteiger partial charge in [0.1, 0.15) is 6.10 Å². The topological polar surface area (TPSA) is 70.9 Å². The third-order valence-corrected chi connectivity index (χ3v) is 7.26. The number of hydrogen-bond donors (Lipinski definition) is 1. The molecule has 3 aromatic rings. The minimum absolute atomic E-state index is 0.0105. The number of unbranched alkanes of at least 4 members (excludes halogenated alkanes) is 1. The Bertz CT molecular complexity index is 1150. The van der Waals surface area contributed by atoms with E-state index in [0.29, 0.717) is 6.04 Å². The lowest BCUT2D eigenvalue weighted by atomic mass is 9.96. The van der Waals surface area contributed by atoms with Gasteiger partial charge in [-0.2, -0.15) is 0 Å². The summed E-state index contributed by atoms with van der Waals surface area (Å²) in [6, 6.07) is 28.6. The average Bonchev–Trinajstić information content (AvgIpc) is 3.42. The smallest absolute Gasteiger partial charge is 0.270 e. The maximum absolute atomic E-state index is 11.0. The summed E-state index contributed by atoms with van der Waals surface area (Å²) in [5.74, 6) is 0. The fraction of sp³-hybridized carbons (Fsp3) is 0.333. The van der Waals surface area contributed by atoms with Gasteiger partial charge in [-0.3, -0.25) is 25.3 Å². The van der Waals surface area contributed by atoms with Crippen molar-refractivity contribution in [3.8, 4) is 0 Å². The van der Waals surface area contributed by atoms with Crippen LogP contribution in [0, 0.1) is 10.1 Å². The molecule has 1 saturated heterocycles. The van der Waals surface area contributed by atoms with Crippen LogP contribution < -0.4 is 5.48 Å². The summed E-state index contributed by atoms with van der Waals surface area (Å²) in [6.45, 7) is 5.36. The molecule has 1 N–H and O–H groups in total. The van der Waals surface area contributed by atoms with E-state index in [-0.39, 0.29) is 16.7 Å². The molecule has 37 heavy (non-hydrogen) atoms. The van der Waals surface area contributed by atoms with Gasteiger partial charge in [-0.25, -0.2) is 0 Å². The number of hydroxylamine groups is 1. The summed E-state index contributed by atoms with van der Waals surface area (Å²) in [5.41, 5.74) is 7.31. The Morgan fingerprint density at radius 2 is 1.57 bits per heavy atom. The highest BCUT2D eigenvalue weighted by Gasteiger charge is 2.26. The van der Waals surface area contributed by atoms with Crippen LogP contribution in [0.25, 0.3) is 5.70 Å². The minimum atomic E-state index is -0.374. The highest BCUT2D eigenvalue weighted by molar-refractivity contribution is 5.66. The molecule has 0 aromatic heterocycles. The number of piperazine rings is 1. The lowest BCUT2D eigenvalue weighted by molar-refractivity contribution is -0.384. The summed E-state index contributed by atoms with van der Waals surface area (Å²) in [4.78, 5) is 21.6. The number of nitro groups is 1. The molecule has 0 saturated carbocycles. The Morgan fingerprint density at radius 1 is 0.892 bits per heavy atom. The van der Waals surface area contributed by atoms with Gasteiger partial charge in [0, 0.05) is 43.9 Å². The van der Waals surface area contributed by atoms with Crippen LogP contribution in [0.1, 0.15) is 42.0 Å². The van der Waals surface area contributed by atoms with Crippen molar-refractivity contribution in [1.29, 1.82) is 0 Å². The molecule has 7 heteroatoms. The number of rotatable bonds is 10. The highest BCUT2D eigenvalue weighted by Crippen LogP contribution is 2.29. The van der Waals surface area contributed by atoms with Crippen molar-refractivity contribution in [2.45, 2.75) is 31.4 Å². The van der Waals surface area contributed by atoms with Gasteiger partial charge in [0.25, 0.3) is 5.69 Å². The molecule has 0 bridgehead atoms. The maximum Gasteiger partial charge on any atom is 0.270 e. The molecule has 0 amide bonds. The van der Waals surface area contributed by atoms with Crippen molar-refractivity contribution < 1.29 is 9.76 Å². The van der Waals surface area contributed by atoms with Crippen LogP contribution in [-0.2, 0) is 4.84 Å². The number of nitro benzene ring substituents is 1. The van der Waals surface area contributed by atoms with Crippen molar-refractivity contribution in [1.82, 2.24) is 15.3 Å². The Morgan fingerprint density at radius 3 is 2.22 bits per heavy atom. The summed E-state index contributed by atoms with van der Waals surface area (Å²) in [6.07, 6.45) is 5.15. The zero-order valence-electron chi connectivity index (χ0n) is 21.0. The fourth-order valence-electron chi connectivity index (χ4n) is 5.29. The molecule has 2 aliphatic rings. The van der Waals surface area contributed by atoms with Gasteiger partial charge in [0.05, 0.1) is 16.7 Å². The Labute approximate surface area is 218 Å².